The Morgan fingerprint density at radius 1 is 1.04 bits per heavy atom. The van der Waals surface area contributed by atoms with E-state index in [1.807, 2.05) is 18.2 Å². The fourth-order valence-corrected chi connectivity index (χ4v) is 8.01. The maximum Gasteiger partial charge on any atom is 0.326 e. The lowest BCUT2D eigenvalue weighted by molar-refractivity contribution is -0.157. The molecule has 2 aromatic carbocycles. The van der Waals surface area contributed by atoms with Crippen LogP contribution in [0.3, 0.4) is 0 Å². The van der Waals surface area contributed by atoms with Gasteiger partial charge in [0, 0.05) is 36.6 Å². The van der Waals surface area contributed by atoms with E-state index in [1.165, 1.54) is 18.0 Å². The Bertz CT molecular complexity index is 2080. The molecule has 3 aromatic heterocycles. The summed E-state index contributed by atoms with van der Waals surface area (Å²) in [4.78, 5) is 34.5. The predicted molar refractivity (Wildman–Crippen MR) is 184 cm³/mol. The minimum absolute atomic E-state index is 0.0774. The number of aromatic nitrogens is 5. The summed E-state index contributed by atoms with van der Waals surface area (Å²) < 4.78 is 37.6. The molecule has 0 unspecified atom stereocenters. The van der Waals surface area contributed by atoms with Crippen molar-refractivity contribution in [3.8, 4) is 0 Å². The van der Waals surface area contributed by atoms with Gasteiger partial charge in [-0.1, -0.05) is 42.5 Å². The number of imidazole rings is 1. The third-order valence-electron chi connectivity index (χ3n) is 8.92. The number of aryl methyl sites for hydroxylation is 1. The van der Waals surface area contributed by atoms with Crippen LogP contribution in [0, 0.1) is 0 Å². The Hall–Kier alpha value is -4.62. The normalized spacial score (nSPS) is 16.4. The molecule has 2 aliphatic heterocycles. The fraction of sp³-hybridized carbons (Fsp3) is 0.400. The minimum Gasteiger partial charge on any atom is -0.459 e. The van der Waals surface area contributed by atoms with Gasteiger partial charge in [-0.3, -0.25) is 4.79 Å². The summed E-state index contributed by atoms with van der Waals surface area (Å²) in [5.41, 5.74) is 2.68. The molecule has 0 aliphatic carbocycles. The molecule has 0 saturated carbocycles. The average molecular weight is 669 g/mol. The Morgan fingerprint density at radius 2 is 1.83 bits per heavy atom. The van der Waals surface area contributed by atoms with E-state index in [-0.39, 0.29) is 11.4 Å². The van der Waals surface area contributed by atoms with Gasteiger partial charge in [-0.2, -0.15) is 4.72 Å². The highest BCUT2D eigenvalue weighted by atomic mass is 32.2. The van der Waals surface area contributed by atoms with Crippen LogP contribution < -0.4 is 14.9 Å². The van der Waals surface area contributed by atoms with Gasteiger partial charge in [0.25, 0.3) is 0 Å². The molecule has 2 N–H and O–H groups in total. The molecule has 12 nitrogen and oxygen atoms in total. The average Bonchev–Trinajstić information content (AvgIpc) is 3.49. The number of ether oxygens (including phenoxy) is 1. The van der Waals surface area contributed by atoms with Gasteiger partial charge in [-0.05, 0) is 69.5 Å². The lowest BCUT2D eigenvalue weighted by Gasteiger charge is -2.33. The molecular formula is C35H40N8O4S. The molecule has 13 heteroatoms. The number of hydrogen-bond acceptors (Lipinski definition) is 10. The molecule has 5 aromatic rings. The van der Waals surface area contributed by atoms with Crippen molar-refractivity contribution < 1.29 is 17.9 Å². The quantitative estimate of drug-likeness (QED) is 0.221. The topological polar surface area (TPSA) is 144 Å². The number of nitrogens with one attached hydrogen (secondary N) is 2. The van der Waals surface area contributed by atoms with Crippen molar-refractivity contribution in [2.45, 2.75) is 75.5 Å². The number of carbonyl (C=O) groups excluding carboxylic acids is 1. The van der Waals surface area contributed by atoms with E-state index >= 15 is 0 Å². The van der Waals surface area contributed by atoms with Crippen LogP contribution in [0.5, 0.6) is 0 Å². The molecule has 0 amide bonds. The smallest absolute Gasteiger partial charge is 0.326 e. The zero-order chi connectivity index (χ0) is 33.5. The van der Waals surface area contributed by atoms with Crippen LogP contribution in [0.4, 0.5) is 11.6 Å². The number of benzene rings is 2. The molecule has 48 heavy (non-hydrogen) atoms. The molecule has 7 rings (SSSR count). The minimum atomic E-state index is -4.14. The van der Waals surface area contributed by atoms with Crippen molar-refractivity contribution >= 4 is 49.6 Å². The second-order valence-electron chi connectivity index (χ2n) is 13.5. The van der Waals surface area contributed by atoms with Gasteiger partial charge in [-0.25, -0.2) is 28.4 Å². The molecule has 0 spiro atoms. The number of pyridine rings is 1. The molecular weight excluding hydrogens is 629 g/mol. The first-order chi connectivity index (χ1) is 23.1. The number of nitrogens with zero attached hydrogens (tertiary/aromatic N) is 6. The second-order valence-corrected chi connectivity index (χ2v) is 15.2. The van der Waals surface area contributed by atoms with Crippen molar-refractivity contribution in [1.82, 2.24) is 29.2 Å². The highest BCUT2D eigenvalue weighted by molar-refractivity contribution is 7.89. The number of piperidine rings is 1. The third-order valence-corrected chi connectivity index (χ3v) is 10.4. The van der Waals surface area contributed by atoms with Crippen molar-refractivity contribution in [3.05, 3.63) is 78.5 Å². The van der Waals surface area contributed by atoms with Gasteiger partial charge >= 0.3 is 5.97 Å². The molecule has 250 valence electrons. The zero-order valence-corrected chi connectivity index (χ0v) is 28.2. The summed E-state index contributed by atoms with van der Waals surface area (Å²) in [5, 5.41) is 4.78. The molecule has 1 fully saturated rings. The number of rotatable bonds is 8. The first kappa shape index (κ1) is 32.0. The van der Waals surface area contributed by atoms with Gasteiger partial charge in [-0.15, -0.1) is 0 Å². The Labute approximate surface area is 280 Å². The monoisotopic (exact) mass is 668 g/mol. The lowest BCUT2D eigenvalue weighted by atomic mass is 9.92. The predicted octanol–water partition coefficient (Wildman–Crippen LogP) is 4.81. The van der Waals surface area contributed by atoms with E-state index in [4.69, 9.17) is 9.72 Å². The maximum atomic E-state index is 13.8. The van der Waals surface area contributed by atoms with E-state index in [1.54, 1.807) is 49.9 Å². The summed E-state index contributed by atoms with van der Waals surface area (Å²) in [6, 6.07) is 15.4. The number of fused-ring (bicyclic) bond motifs is 3. The first-order valence-corrected chi connectivity index (χ1v) is 17.9. The van der Waals surface area contributed by atoms with Gasteiger partial charge < -0.3 is 19.5 Å². The third kappa shape index (κ3) is 6.56. The molecule has 5 heterocycles. The van der Waals surface area contributed by atoms with E-state index in [2.05, 4.69) is 42.0 Å². The standard InChI is InChI=1S/C35H40N8O4S/c1-35(2,3)47-34(44)28(41-48(45,46)29-12-6-9-23-8-4-5-11-26(23)29)20-43-22-39-30-32(37-21-38-33(30)43)42-18-15-24(16-19-42)27-14-13-25-10-7-17-36-31(25)40-27/h4-6,8-9,11-14,21-22,24,28,41H,7,10,15-20H2,1-3H3,(H,36,40)/t28-/m0/s1. The van der Waals surface area contributed by atoms with Gasteiger partial charge in [0.2, 0.25) is 10.0 Å². The van der Waals surface area contributed by atoms with E-state index < -0.39 is 27.6 Å². The first-order valence-electron chi connectivity index (χ1n) is 16.4. The van der Waals surface area contributed by atoms with E-state index in [0.717, 1.165) is 62.2 Å². The number of anilines is 2. The van der Waals surface area contributed by atoms with Crippen molar-refractivity contribution in [2.75, 3.05) is 29.9 Å². The molecule has 0 bridgehead atoms. The summed E-state index contributed by atoms with van der Waals surface area (Å²) >= 11 is 0. The summed E-state index contributed by atoms with van der Waals surface area (Å²) in [6.45, 7) is 7.68. The summed E-state index contributed by atoms with van der Waals surface area (Å²) in [7, 11) is -4.14. The number of esters is 1. The summed E-state index contributed by atoms with van der Waals surface area (Å²) in [5.74, 6) is 1.39. The second kappa shape index (κ2) is 12.8. The highest BCUT2D eigenvalue weighted by Gasteiger charge is 2.32. The van der Waals surface area contributed by atoms with E-state index in [9.17, 15) is 13.2 Å². The van der Waals surface area contributed by atoms with Gasteiger partial charge in [0.15, 0.2) is 17.0 Å². The number of sulfonamides is 1. The van der Waals surface area contributed by atoms with Crippen molar-refractivity contribution in [1.29, 1.82) is 0 Å². The van der Waals surface area contributed by atoms with Crippen LogP contribution in [0.2, 0.25) is 0 Å². The van der Waals surface area contributed by atoms with Gasteiger partial charge in [0.1, 0.15) is 23.8 Å². The van der Waals surface area contributed by atoms with Crippen LogP contribution in [0.25, 0.3) is 21.9 Å². The molecule has 1 atom stereocenters. The molecule has 2 aliphatic rings. The van der Waals surface area contributed by atoms with E-state index in [0.29, 0.717) is 28.3 Å². The Kier molecular flexibility index (Phi) is 8.50. The maximum absolute atomic E-state index is 13.8. The van der Waals surface area contributed by atoms with Crippen LogP contribution in [-0.2, 0) is 32.5 Å². The lowest BCUT2D eigenvalue weighted by Crippen LogP contribution is -2.46. The van der Waals surface area contributed by atoms with Gasteiger partial charge in [0.05, 0.1) is 17.8 Å². The number of carbonyl (C=O) groups is 1. The Morgan fingerprint density at radius 3 is 2.65 bits per heavy atom. The van der Waals surface area contributed by atoms with Crippen LogP contribution in [0.15, 0.2) is 72.1 Å². The molecule has 1 saturated heterocycles. The highest BCUT2D eigenvalue weighted by Crippen LogP contribution is 2.33. The van der Waals surface area contributed by atoms with Crippen molar-refractivity contribution in [2.24, 2.45) is 0 Å². The van der Waals surface area contributed by atoms with Crippen LogP contribution >= 0.6 is 0 Å². The Balaban J connectivity index is 1.12. The van der Waals surface area contributed by atoms with Crippen molar-refractivity contribution in [3.63, 3.8) is 0 Å². The SMILES string of the molecule is CC(C)(C)OC(=O)[C@H](Cn1cnc2c(N3CCC(c4ccc5c(n4)NCCC5)CC3)ncnc21)NS(=O)(=O)c1cccc2ccccc12. The van der Waals surface area contributed by atoms with Crippen LogP contribution in [-0.4, -0.2) is 70.2 Å². The van der Waals surface area contributed by atoms with Crippen LogP contribution in [0.1, 0.15) is 57.2 Å². The molecule has 0 radical (unpaired) electrons. The largest absolute Gasteiger partial charge is 0.459 e. The zero-order valence-electron chi connectivity index (χ0n) is 27.4. The fourth-order valence-electron chi connectivity index (χ4n) is 6.60. The summed E-state index contributed by atoms with van der Waals surface area (Å²) in [6.07, 6.45) is 7.12. The number of hydrogen-bond donors (Lipinski definition) is 2.